The first-order chi connectivity index (χ1) is 7.34. The third-order valence-electron chi connectivity index (χ3n) is 2.53. The minimum atomic E-state index is 0.137. The molecule has 1 rings (SSSR count). The van der Waals surface area contributed by atoms with Gasteiger partial charge in [-0.25, -0.2) is 4.98 Å². The molecule has 0 bridgehead atoms. The number of aromatic nitrogens is 2. The van der Waals surface area contributed by atoms with E-state index in [0.29, 0.717) is 16.9 Å². The third-order valence-corrected chi connectivity index (χ3v) is 2.80. The van der Waals surface area contributed by atoms with Gasteiger partial charge in [0, 0.05) is 6.04 Å². The van der Waals surface area contributed by atoms with Crippen LogP contribution in [-0.2, 0) is 0 Å². The van der Waals surface area contributed by atoms with E-state index >= 15 is 0 Å². The standard InChI is InChI=1S/C11H19ClN4/c1-5-8(11(2,3)4)15-9-7(12)6-14-10(13)16-9/h6,8H,5H2,1-4H3,(H3,13,14,15,16)/t8-/m0/s1. The SMILES string of the molecule is CC[C@H](Nc1nc(N)ncc1Cl)C(C)(C)C. The molecule has 3 N–H and O–H groups in total. The number of hydrogen-bond donors (Lipinski definition) is 2. The molecule has 0 radical (unpaired) electrons. The van der Waals surface area contributed by atoms with Gasteiger partial charge in [0.15, 0.2) is 5.82 Å². The van der Waals surface area contributed by atoms with Crippen molar-refractivity contribution in [1.82, 2.24) is 9.97 Å². The van der Waals surface area contributed by atoms with Gasteiger partial charge in [0.1, 0.15) is 5.02 Å². The summed E-state index contributed by atoms with van der Waals surface area (Å²) in [6.45, 7) is 8.65. The highest BCUT2D eigenvalue weighted by molar-refractivity contribution is 6.32. The zero-order chi connectivity index (χ0) is 12.3. The van der Waals surface area contributed by atoms with E-state index in [4.69, 9.17) is 17.3 Å². The van der Waals surface area contributed by atoms with Crippen molar-refractivity contribution < 1.29 is 0 Å². The van der Waals surface area contributed by atoms with Gasteiger partial charge < -0.3 is 11.1 Å². The van der Waals surface area contributed by atoms with E-state index in [1.807, 2.05) is 0 Å². The van der Waals surface area contributed by atoms with Crippen molar-refractivity contribution in [2.45, 2.75) is 40.2 Å². The zero-order valence-corrected chi connectivity index (χ0v) is 11.0. The van der Waals surface area contributed by atoms with Gasteiger partial charge in [-0.2, -0.15) is 4.98 Å². The molecular weight excluding hydrogens is 224 g/mol. The number of nitrogen functional groups attached to an aromatic ring is 1. The van der Waals surface area contributed by atoms with E-state index in [-0.39, 0.29) is 11.4 Å². The quantitative estimate of drug-likeness (QED) is 0.856. The van der Waals surface area contributed by atoms with Crippen molar-refractivity contribution in [2.24, 2.45) is 5.41 Å². The van der Waals surface area contributed by atoms with E-state index in [0.717, 1.165) is 6.42 Å². The van der Waals surface area contributed by atoms with Crippen LogP contribution in [-0.4, -0.2) is 16.0 Å². The molecule has 0 saturated heterocycles. The molecule has 1 aromatic rings. The second-order valence-corrected chi connectivity index (χ2v) is 5.30. The Balaban J connectivity index is 2.90. The second-order valence-electron chi connectivity index (χ2n) is 4.90. The molecule has 0 aromatic carbocycles. The summed E-state index contributed by atoms with van der Waals surface area (Å²) in [7, 11) is 0. The average molecular weight is 243 g/mol. The van der Waals surface area contributed by atoms with Crippen LogP contribution in [0.25, 0.3) is 0 Å². The van der Waals surface area contributed by atoms with Gasteiger partial charge in [-0.15, -0.1) is 0 Å². The molecule has 0 fully saturated rings. The van der Waals surface area contributed by atoms with Gasteiger partial charge in [0.2, 0.25) is 5.95 Å². The summed E-state index contributed by atoms with van der Waals surface area (Å²) in [4.78, 5) is 7.93. The van der Waals surface area contributed by atoms with Gasteiger partial charge in [-0.3, -0.25) is 0 Å². The Morgan fingerprint density at radius 1 is 1.50 bits per heavy atom. The van der Waals surface area contributed by atoms with Gasteiger partial charge in [-0.1, -0.05) is 39.3 Å². The summed E-state index contributed by atoms with van der Waals surface area (Å²) in [5.74, 6) is 0.839. The van der Waals surface area contributed by atoms with Gasteiger partial charge in [0.05, 0.1) is 6.20 Å². The monoisotopic (exact) mass is 242 g/mol. The lowest BCUT2D eigenvalue weighted by Crippen LogP contribution is -2.33. The number of nitrogens with two attached hydrogens (primary N) is 1. The molecule has 1 heterocycles. The summed E-state index contributed by atoms with van der Waals surface area (Å²) in [6, 6.07) is 0.291. The topological polar surface area (TPSA) is 63.8 Å². The molecule has 0 aliphatic heterocycles. The number of nitrogens with zero attached hydrogens (tertiary/aromatic N) is 2. The van der Waals surface area contributed by atoms with Crippen molar-refractivity contribution in [3.63, 3.8) is 0 Å². The van der Waals surface area contributed by atoms with E-state index in [1.54, 1.807) is 0 Å². The lowest BCUT2D eigenvalue weighted by atomic mass is 9.85. The lowest BCUT2D eigenvalue weighted by molar-refractivity contribution is 0.333. The van der Waals surface area contributed by atoms with Crippen LogP contribution in [0.4, 0.5) is 11.8 Å². The molecule has 0 spiro atoms. The molecular formula is C11H19ClN4. The van der Waals surface area contributed by atoms with Crippen LogP contribution in [0.2, 0.25) is 5.02 Å². The molecule has 0 aliphatic rings. The van der Waals surface area contributed by atoms with Crippen LogP contribution >= 0.6 is 11.6 Å². The summed E-state index contributed by atoms with van der Waals surface area (Å²) in [6.07, 6.45) is 2.51. The Morgan fingerprint density at radius 3 is 2.62 bits per heavy atom. The van der Waals surface area contributed by atoms with E-state index in [9.17, 15) is 0 Å². The van der Waals surface area contributed by atoms with Crippen molar-refractivity contribution >= 4 is 23.4 Å². The fourth-order valence-corrected chi connectivity index (χ4v) is 1.72. The largest absolute Gasteiger partial charge is 0.368 e. The summed E-state index contributed by atoms with van der Waals surface area (Å²) in [5.41, 5.74) is 5.67. The van der Waals surface area contributed by atoms with Crippen LogP contribution in [0.5, 0.6) is 0 Å². The fraction of sp³-hybridized carbons (Fsp3) is 0.636. The molecule has 0 unspecified atom stereocenters. The minimum Gasteiger partial charge on any atom is -0.368 e. The van der Waals surface area contributed by atoms with Gasteiger partial charge in [-0.05, 0) is 11.8 Å². The molecule has 1 aromatic heterocycles. The van der Waals surface area contributed by atoms with Crippen LogP contribution in [0.3, 0.4) is 0 Å². The van der Waals surface area contributed by atoms with E-state index in [1.165, 1.54) is 6.20 Å². The van der Waals surface area contributed by atoms with Crippen molar-refractivity contribution in [3.8, 4) is 0 Å². The maximum atomic E-state index is 6.00. The molecule has 0 aliphatic carbocycles. The van der Waals surface area contributed by atoms with Crippen LogP contribution in [0, 0.1) is 5.41 Å². The van der Waals surface area contributed by atoms with Crippen molar-refractivity contribution in [2.75, 3.05) is 11.1 Å². The van der Waals surface area contributed by atoms with Crippen LogP contribution in [0.15, 0.2) is 6.20 Å². The summed E-state index contributed by atoms with van der Waals surface area (Å²) in [5, 5.41) is 3.81. The van der Waals surface area contributed by atoms with E-state index in [2.05, 4.69) is 43.0 Å². The van der Waals surface area contributed by atoms with Crippen molar-refractivity contribution in [3.05, 3.63) is 11.2 Å². The highest BCUT2D eigenvalue weighted by Crippen LogP contribution is 2.27. The maximum Gasteiger partial charge on any atom is 0.222 e. The Labute approximate surface area is 102 Å². The molecule has 90 valence electrons. The highest BCUT2D eigenvalue weighted by Gasteiger charge is 2.23. The number of nitrogens with one attached hydrogen (secondary N) is 1. The number of rotatable bonds is 3. The maximum absolute atomic E-state index is 6.00. The van der Waals surface area contributed by atoms with Crippen molar-refractivity contribution in [1.29, 1.82) is 0 Å². The number of hydrogen-bond acceptors (Lipinski definition) is 4. The highest BCUT2D eigenvalue weighted by atomic mass is 35.5. The zero-order valence-electron chi connectivity index (χ0n) is 10.2. The first kappa shape index (κ1) is 13.0. The Morgan fingerprint density at radius 2 is 2.12 bits per heavy atom. The first-order valence-electron chi connectivity index (χ1n) is 5.39. The second kappa shape index (κ2) is 4.87. The number of anilines is 2. The Bertz CT molecular complexity index is 359. The molecule has 5 heteroatoms. The summed E-state index contributed by atoms with van der Waals surface area (Å²) >= 11 is 6.00. The molecule has 4 nitrogen and oxygen atoms in total. The molecule has 0 amide bonds. The normalized spacial score (nSPS) is 13.6. The Hall–Kier alpha value is -1.03. The summed E-state index contributed by atoms with van der Waals surface area (Å²) < 4.78 is 0. The minimum absolute atomic E-state index is 0.137. The smallest absolute Gasteiger partial charge is 0.222 e. The van der Waals surface area contributed by atoms with Crippen LogP contribution < -0.4 is 11.1 Å². The Kier molecular flexibility index (Phi) is 3.97. The number of halogens is 1. The third kappa shape index (κ3) is 3.23. The van der Waals surface area contributed by atoms with Gasteiger partial charge >= 0.3 is 0 Å². The van der Waals surface area contributed by atoms with Gasteiger partial charge in [0.25, 0.3) is 0 Å². The lowest BCUT2D eigenvalue weighted by Gasteiger charge is -2.31. The van der Waals surface area contributed by atoms with E-state index < -0.39 is 0 Å². The molecule has 16 heavy (non-hydrogen) atoms. The fourth-order valence-electron chi connectivity index (χ4n) is 1.58. The molecule has 1 atom stereocenters. The van der Waals surface area contributed by atoms with Crippen LogP contribution in [0.1, 0.15) is 34.1 Å². The molecule has 0 saturated carbocycles. The first-order valence-corrected chi connectivity index (χ1v) is 5.77. The predicted octanol–water partition coefficient (Wildman–Crippen LogP) is 2.95. The predicted molar refractivity (Wildman–Crippen MR) is 68.6 cm³/mol. The average Bonchev–Trinajstić information content (AvgIpc) is 2.17.